The van der Waals surface area contributed by atoms with Crippen molar-refractivity contribution in [3.63, 3.8) is 0 Å². The highest BCUT2D eigenvalue weighted by molar-refractivity contribution is 6.33. The first-order valence-corrected chi connectivity index (χ1v) is 6.90. The number of hydrogen-bond acceptors (Lipinski definition) is 3. The van der Waals surface area contributed by atoms with Gasteiger partial charge in [0, 0.05) is 6.07 Å². The Bertz CT molecular complexity index is 468. The molecule has 0 aliphatic heterocycles. The van der Waals surface area contributed by atoms with Crippen molar-refractivity contribution >= 4 is 17.6 Å². The van der Waals surface area contributed by atoms with Gasteiger partial charge in [-0.3, -0.25) is 0 Å². The molecule has 1 aromatic rings. The minimum atomic E-state index is -1.14. The van der Waals surface area contributed by atoms with E-state index in [0.29, 0.717) is 17.7 Å². The van der Waals surface area contributed by atoms with E-state index in [-0.39, 0.29) is 16.8 Å². The third kappa shape index (κ3) is 3.60. The summed E-state index contributed by atoms with van der Waals surface area (Å²) in [6.45, 7) is 4.42. The minimum absolute atomic E-state index is 0.106. The van der Waals surface area contributed by atoms with E-state index in [1.165, 1.54) is 12.5 Å². The summed E-state index contributed by atoms with van der Waals surface area (Å²) in [5.41, 5.74) is -0.156. The summed E-state index contributed by atoms with van der Waals surface area (Å²) in [7, 11) is 0. The van der Waals surface area contributed by atoms with Crippen LogP contribution >= 0.6 is 11.6 Å². The molecule has 104 valence electrons. The van der Waals surface area contributed by atoms with Crippen LogP contribution in [0.5, 0.6) is 5.88 Å². The van der Waals surface area contributed by atoms with E-state index in [1.807, 2.05) is 0 Å². The highest BCUT2D eigenvalue weighted by Gasteiger charge is 2.26. The van der Waals surface area contributed by atoms with Crippen molar-refractivity contribution in [3.8, 4) is 5.88 Å². The number of carboxylic acid groups (broad SMARTS) is 1. The number of rotatable bonds is 3. The van der Waals surface area contributed by atoms with Crippen LogP contribution in [-0.2, 0) is 0 Å². The highest BCUT2D eigenvalue weighted by atomic mass is 35.5. The zero-order valence-corrected chi connectivity index (χ0v) is 11.9. The topological polar surface area (TPSA) is 59.4 Å². The Morgan fingerprint density at radius 1 is 1.32 bits per heavy atom. The van der Waals surface area contributed by atoms with Crippen LogP contribution in [0.4, 0.5) is 0 Å². The molecule has 0 amide bonds. The van der Waals surface area contributed by atoms with Crippen LogP contribution in [0.3, 0.4) is 0 Å². The van der Waals surface area contributed by atoms with Gasteiger partial charge in [0.2, 0.25) is 5.88 Å². The quantitative estimate of drug-likeness (QED) is 0.920. The lowest BCUT2D eigenvalue weighted by Gasteiger charge is -2.31. The van der Waals surface area contributed by atoms with E-state index in [1.54, 1.807) is 6.07 Å². The van der Waals surface area contributed by atoms with Crippen LogP contribution in [0.2, 0.25) is 5.02 Å². The molecule has 1 aliphatic carbocycles. The summed E-state index contributed by atoms with van der Waals surface area (Å²) < 4.78 is 5.81. The molecule has 19 heavy (non-hydrogen) atoms. The molecule has 1 fully saturated rings. The number of halogens is 1. The zero-order valence-electron chi connectivity index (χ0n) is 11.1. The first-order chi connectivity index (χ1) is 8.95. The van der Waals surface area contributed by atoms with Crippen molar-refractivity contribution < 1.29 is 14.6 Å². The molecule has 2 rings (SSSR count). The van der Waals surface area contributed by atoms with E-state index >= 15 is 0 Å². The standard InChI is InChI=1S/C14H18ClNO3/c1-8-5-9(2)7-10(6-8)19-12-4-3-11(15)13(16-12)14(17)18/h3-4,8-10H,5-7H2,1-2H3,(H,17,18). The van der Waals surface area contributed by atoms with E-state index in [0.717, 1.165) is 12.8 Å². The molecule has 0 aromatic carbocycles. The number of ether oxygens (including phenoxy) is 1. The lowest BCUT2D eigenvalue weighted by Crippen LogP contribution is -2.28. The molecule has 0 saturated heterocycles. The maximum atomic E-state index is 11.0. The summed E-state index contributed by atoms with van der Waals surface area (Å²) in [5.74, 6) is 0.453. The maximum Gasteiger partial charge on any atom is 0.356 e. The van der Waals surface area contributed by atoms with Gasteiger partial charge in [-0.2, -0.15) is 0 Å². The molecular weight excluding hydrogens is 266 g/mol. The summed E-state index contributed by atoms with van der Waals surface area (Å²) in [6.07, 6.45) is 3.29. The number of hydrogen-bond donors (Lipinski definition) is 1. The van der Waals surface area contributed by atoms with E-state index in [2.05, 4.69) is 18.8 Å². The highest BCUT2D eigenvalue weighted by Crippen LogP contribution is 2.31. The van der Waals surface area contributed by atoms with E-state index < -0.39 is 5.97 Å². The zero-order chi connectivity index (χ0) is 14.0. The Morgan fingerprint density at radius 3 is 2.53 bits per heavy atom. The average molecular weight is 284 g/mol. The van der Waals surface area contributed by atoms with Gasteiger partial charge < -0.3 is 9.84 Å². The van der Waals surface area contributed by atoms with Crippen LogP contribution in [0, 0.1) is 11.8 Å². The number of carbonyl (C=O) groups is 1. The predicted octanol–water partition coefficient (Wildman–Crippen LogP) is 3.64. The number of pyridine rings is 1. The Balaban J connectivity index is 2.10. The largest absolute Gasteiger partial charge is 0.476 e. The Labute approximate surface area is 117 Å². The van der Waals surface area contributed by atoms with Crippen LogP contribution in [0.15, 0.2) is 12.1 Å². The van der Waals surface area contributed by atoms with Gasteiger partial charge in [-0.25, -0.2) is 9.78 Å². The smallest absolute Gasteiger partial charge is 0.356 e. The van der Waals surface area contributed by atoms with Crippen LogP contribution < -0.4 is 4.74 Å². The molecule has 5 heteroatoms. The van der Waals surface area contributed by atoms with E-state index in [4.69, 9.17) is 21.4 Å². The van der Waals surface area contributed by atoms with Crippen molar-refractivity contribution in [1.82, 2.24) is 4.98 Å². The third-order valence-electron chi connectivity index (χ3n) is 3.45. The fourth-order valence-corrected chi connectivity index (χ4v) is 2.97. The normalized spacial score (nSPS) is 27.0. The fraction of sp³-hybridized carbons (Fsp3) is 0.571. The molecule has 2 unspecified atom stereocenters. The lowest BCUT2D eigenvalue weighted by molar-refractivity contribution is 0.0683. The van der Waals surface area contributed by atoms with Crippen LogP contribution in [-0.4, -0.2) is 22.2 Å². The van der Waals surface area contributed by atoms with Crippen LogP contribution in [0.25, 0.3) is 0 Å². The van der Waals surface area contributed by atoms with Gasteiger partial charge in [-0.15, -0.1) is 0 Å². The molecule has 4 nitrogen and oxygen atoms in total. The van der Waals surface area contributed by atoms with Crippen molar-refractivity contribution in [2.45, 2.75) is 39.2 Å². The average Bonchev–Trinajstić information content (AvgIpc) is 2.30. The van der Waals surface area contributed by atoms with Gasteiger partial charge in [-0.05, 0) is 37.2 Å². The second-order valence-electron chi connectivity index (χ2n) is 5.44. The molecule has 2 atom stereocenters. The Morgan fingerprint density at radius 2 is 1.95 bits per heavy atom. The van der Waals surface area contributed by atoms with Gasteiger partial charge >= 0.3 is 5.97 Å². The third-order valence-corrected chi connectivity index (χ3v) is 3.75. The van der Waals surface area contributed by atoms with Crippen molar-refractivity contribution in [3.05, 3.63) is 22.8 Å². The molecule has 1 heterocycles. The van der Waals surface area contributed by atoms with Crippen molar-refractivity contribution in [2.75, 3.05) is 0 Å². The van der Waals surface area contributed by atoms with Crippen LogP contribution in [0.1, 0.15) is 43.6 Å². The van der Waals surface area contributed by atoms with E-state index in [9.17, 15) is 4.79 Å². The second-order valence-corrected chi connectivity index (χ2v) is 5.85. The first kappa shape index (κ1) is 14.1. The molecule has 1 N–H and O–H groups in total. The molecular formula is C14H18ClNO3. The molecule has 1 aromatic heterocycles. The molecule has 0 bridgehead atoms. The summed E-state index contributed by atoms with van der Waals surface area (Å²) in [5, 5.41) is 9.11. The van der Waals surface area contributed by atoms with Crippen molar-refractivity contribution in [2.24, 2.45) is 11.8 Å². The van der Waals surface area contributed by atoms with Gasteiger partial charge in [0.05, 0.1) is 5.02 Å². The molecule has 1 saturated carbocycles. The first-order valence-electron chi connectivity index (χ1n) is 6.52. The van der Waals surface area contributed by atoms with Gasteiger partial charge in [-0.1, -0.05) is 25.4 Å². The van der Waals surface area contributed by atoms with Gasteiger partial charge in [0.15, 0.2) is 5.69 Å². The number of nitrogens with zero attached hydrogens (tertiary/aromatic N) is 1. The number of carboxylic acids is 1. The summed E-state index contributed by atoms with van der Waals surface area (Å²) >= 11 is 5.78. The maximum absolute atomic E-state index is 11.0. The molecule has 1 aliphatic rings. The number of aromatic nitrogens is 1. The van der Waals surface area contributed by atoms with Gasteiger partial charge in [0.1, 0.15) is 6.10 Å². The summed E-state index contributed by atoms with van der Waals surface area (Å²) in [4.78, 5) is 14.9. The minimum Gasteiger partial charge on any atom is -0.476 e. The summed E-state index contributed by atoms with van der Waals surface area (Å²) in [6, 6.07) is 3.14. The van der Waals surface area contributed by atoms with Gasteiger partial charge in [0.25, 0.3) is 0 Å². The predicted molar refractivity (Wildman–Crippen MR) is 72.8 cm³/mol. The Hall–Kier alpha value is -1.29. The fourth-order valence-electron chi connectivity index (χ4n) is 2.78. The monoisotopic (exact) mass is 283 g/mol. The molecule has 0 spiro atoms. The SMILES string of the molecule is CC1CC(C)CC(Oc2ccc(Cl)c(C(=O)O)n2)C1. The lowest BCUT2D eigenvalue weighted by atomic mass is 9.82. The molecule has 0 radical (unpaired) electrons. The second kappa shape index (κ2) is 5.78. The Kier molecular flexibility index (Phi) is 4.30. The van der Waals surface area contributed by atoms with Crippen molar-refractivity contribution in [1.29, 1.82) is 0 Å². The number of aromatic carboxylic acids is 1.